The van der Waals surface area contributed by atoms with E-state index in [0.717, 1.165) is 25.7 Å². The average Bonchev–Trinajstić information content (AvgIpc) is 2.72. The number of ketones is 1. The molecule has 1 heterocycles. The zero-order valence-electron chi connectivity index (χ0n) is 13.8. The van der Waals surface area contributed by atoms with E-state index in [1.807, 2.05) is 6.92 Å². The summed E-state index contributed by atoms with van der Waals surface area (Å²) in [5, 5.41) is 17.0. The van der Waals surface area contributed by atoms with Crippen molar-refractivity contribution in [2.75, 3.05) is 6.54 Å². The van der Waals surface area contributed by atoms with E-state index in [4.69, 9.17) is 0 Å². The van der Waals surface area contributed by atoms with Gasteiger partial charge in [-0.05, 0) is 26.7 Å². The van der Waals surface area contributed by atoms with Crippen LogP contribution in [0.4, 0.5) is 0 Å². The maximum absolute atomic E-state index is 12.3. The lowest BCUT2D eigenvalue weighted by Gasteiger charge is -2.38. The summed E-state index contributed by atoms with van der Waals surface area (Å²) >= 11 is 0. The molecule has 6 nitrogen and oxygen atoms in total. The van der Waals surface area contributed by atoms with Gasteiger partial charge in [-0.2, -0.15) is 5.10 Å². The monoisotopic (exact) mass is 307 g/mol. The van der Waals surface area contributed by atoms with Crippen molar-refractivity contribution in [3.63, 3.8) is 0 Å². The van der Waals surface area contributed by atoms with Crippen LogP contribution in [-0.4, -0.2) is 39.2 Å². The van der Waals surface area contributed by atoms with Gasteiger partial charge in [0.05, 0.1) is 17.4 Å². The minimum atomic E-state index is -0.627. The van der Waals surface area contributed by atoms with Crippen LogP contribution < -0.4 is 5.32 Å². The van der Waals surface area contributed by atoms with E-state index in [-0.39, 0.29) is 5.41 Å². The third-order valence-electron chi connectivity index (χ3n) is 4.88. The summed E-state index contributed by atoms with van der Waals surface area (Å²) < 4.78 is 1.60. The summed E-state index contributed by atoms with van der Waals surface area (Å²) in [7, 11) is 1.75. The molecule has 1 aliphatic rings. The van der Waals surface area contributed by atoms with Gasteiger partial charge in [-0.15, -0.1) is 0 Å². The van der Waals surface area contributed by atoms with Crippen LogP contribution in [-0.2, 0) is 11.8 Å². The number of aliphatic hydroxyl groups is 1. The van der Waals surface area contributed by atoms with E-state index < -0.39 is 17.8 Å². The number of nitrogens with one attached hydrogen (secondary N) is 1. The van der Waals surface area contributed by atoms with Gasteiger partial charge in [-0.3, -0.25) is 14.3 Å². The average molecular weight is 307 g/mol. The molecule has 22 heavy (non-hydrogen) atoms. The van der Waals surface area contributed by atoms with Gasteiger partial charge in [0.1, 0.15) is 0 Å². The molecule has 6 heteroatoms. The van der Waals surface area contributed by atoms with E-state index >= 15 is 0 Å². The van der Waals surface area contributed by atoms with Crippen LogP contribution in [0.25, 0.3) is 0 Å². The molecule has 2 rings (SSSR count). The minimum Gasteiger partial charge on any atom is -0.392 e. The maximum atomic E-state index is 12.3. The molecular weight excluding hydrogens is 282 g/mol. The fourth-order valence-electron chi connectivity index (χ4n) is 3.17. The second-order valence-electron chi connectivity index (χ2n) is 6.60. The van der Waals surface area contributed by atoms with Gasteiger partial charge in [0.25, 0.3) is 11.7 Å². The van der Waals surface area contributed by atoms with Gasteiger partial charge in [0.15, 0.2) is 0 Å². The van der Waals surface area contributed by atoms with Crippen LogP contribution in [0.2, 0.25) is 0 Å². The predicted molar refractivity (Wildman–Crippen MR) is 82.6 cm³/mol. The Morgan fingerprint density at radius 1 is 1.41 bits per heavy atom. The number of hydrogen-bond acceptors (Lipinski definition) is 4. The Morgan fingerprint density at radius 2 is 2.09 bits per heavy atom. The maximum Gasteiger partial charge on any atom is 0.292 e. The lowest BCUT2D eigenvalue weighted by atomic mass is 9.73. The number of Topliss-reactive ketones (excluding diaryl/α,β-unsaturated/α-hetero) is 1. The van der Waals surface area contributed by atoms with Crippen molar-refractivity contribution in [3.8, 4) is 0 Å². The Labute approximate surface area is 130 Å². The second-order valence-corrected chi connectivity index (χ2v) is 6.60. The van der Waals surface area contributed by atoms with E-state index in [9.17, 15) is 14.7 Å². The van der Waals surface area contributed by atoms with Crippen molar-refractivity contribution in [3.05, 3.63) is 17.0 Å². The first kappa shape index (κ1) is 16.7. The minimum absolute atomic E-state index is 0.317. The Bertz CT molecular complexity index is 594. The number of amides is 1. The molecule has 2 atom stereocenters. The second kappa shape index (κ2) is 6.20. The van der Waals surface area contributed by atoms with Crippen molar-refractivity contribution in [1.82, 2.24) is 15.1 Å². The molecule has 1 fully saturated rings. The summed E-state index contributed by atoms with van der Waals surface area (Å²) in [6.07, 6.45) is 3.23. The number of aromatic nitrogens is 2. The van der Waals surface area contributed by atoms with Gasteiger partial charge in [-0.1, -0.05) is 19.8 Å². The quantitative estimate of drug-likeness (QED) is 0.648. The largest absolute Gasteiger partial charge is 0.392 e. The van der Waals surface area contributed by atoms with Crippen LogP contribution >= 0.6 is 0 Å². The van der Waals surface area contributed by atoms with Crippen LogP contribution in [0.5, 0.6) is 0 Å². The summed E-state index contributed by atoms with van der Waals surface area (Å²) in [4.78, 5) is 24.5. The first-order valence-corrected chi connectivity index (χ1v) is 7.77. The molecule has 122 valence electrons. The van der Waals surface area contributed by atoms with Gasteiger partial charge < -0.3 is 10.4 Å². The number of carbonyl (C=O) groups excluding carboxylic acids is 2. The molecule has 2 N–H and O–H groups in total. The van der Waals surface area contributed by atoms with E-state index in [0.29, 0.717) is 23.5 Å². The van der Waals surface area contributed by atoms with E-state index in [2.05, 4.69) is 10.4 Å². The standard InChI is InChI=1S/C16H25N3O3/c1-10-13(11(2)19(4)18-10)14(21)15(22)17-9-16(3)8-6-5-7-12(16)20/h12,20H,5-9H2,1-4H3,(H,17,22). The van der Waals surface area contributed by atoms with Crippen LogP contribution in [0.1, 0.15) is 54.4 Å². The molecule has 0 aromatic carbocycles. The molecule has 1 aliphatic carbocycles. The highest BCUT2D eigenvalue weighted by atomic mass is 16.3. The molecule has 0 aliphatic heterocycles. The van der Waals surface area contributed by atoms with Crippen LogP contribution in [0.15, 0.2) is 0 Å². The summed E-state index contributed by atoms with van der Waals surface area (Å²) in [6, 6.07) is 0. The number of hydrogen-bond donors (Lipinski definition) is 2. The van der Waals surface area contributed by atoms with E-state index in [1.165, 1.54) is 0 Å². The number of aryl methyl sites for hydroxylation is 2. The van der Waals surface area contributed by atoms with E-state index in [1.54, 1.807) is 25.6 Å². The molecule has 0 spiro atoms. The lowest BCUT2D eigenvalue weighted by molar-refractivity contribution is -0.118. The molecule has 0 bridgehead atoms. The van der Waals surface area contributed by atoms with Gasteiger partial charge in [0.2, 0.25) is 0 Å². The Morgan fingerprint density at radius 3 is 2.64 bits per heavy atom. The van der Waals surface area contributed by atoms with Crippen molar-refractivity contribution >= 4 is 11.7 Å². The van der Waals surface area contributed by atoms with Gasteiger partial charge >= 0.3 is 0 Å². The first-order valence-electron chi connectivity index (χ1n) is 7.77. The molecule has 0 saturated heterocycles. The van der Waals surface area contributed by atoms with Gasteiger partial charge in [-0.25, -0.2) is 0 Å². The third kappa shape index (κ3) is 3.06. The summed E-state index contributed by atoms with van der Waals surface area (Å²) in [5.41, 5.74) is 1.26. The Balaban J connectivity index is 2.04. The fraction of sp³-hybridized carbons (Fsp3) is 0.688. The topological polar surface area (TPSA) is 84.2 Å². The highest BCUT2D eigenvalue weighted by molar-refractivity contribution is 6.43. The summed E-state index contributed by atoms with van der Waals surface area (Å²) in [6.45, 7) is 5.77. The highest BCUT2D eigenvalue weighted by Crippen LogP contribution is 2.35. The summed E-state index contributed by atoms with van der Waals surface area (Å²) in [5.74, 6) is -1.19. The lowest BCUT2D eigenvalue weighted by Crippen LogP contribution is -2.46. The third-order valence-corrected chi connectivity index (χ3v) is 4.88. The smallest absolute Gasteiger partial charge is 0.292 e. The molecule has 1 aromatic heterocycles. The normalized spacial score (nSPS) is 25.0. The molecule has 0 radical (unpaired) electrons. The zero-order chi connectivity index (χ0) is 16.5. The van der Waals surface area contributed by atoms with Gasteiger partial charge in [0, 0.05) is 24.7 Å². The molecule has 1 amide bonds. The van der Waals surface area contributed by atoms with Crippen molar-refractivity contribution in [2.24, 2.45) is 12.5 Å². The Kier molecular flexibility index (Phi) is 4.70. The van der Waals surface area contributed by atoms with Crippen LogP contribution in [0, 0.1) is 19.3 Å². The number of rotatable bonds is 4. The number of nitrogens with zero attached hydrogens (tertiary/aromatic N) is 2. The molecular formula is C16H25N3O3. The fourth-order valence-corrected chi connectivity index (χ4v) is 3.17. The first-order chi connectivity index (χ1) is 10.3. The molecule has 1 saturated carbocycles. The molecule has 1 aromatic rings. The highest BCUT2D eigenvalue weighted by Gasteiger charge is 2.36. The molecule has 2 unspecified atom stereocenters. The van der Waals surface area contributed by atoms with Crippen molar-refractivity contribution < 1.29 is 14.7 Å². The number of aliphatic hydroxyl groups excluding tert-OH is 1. The van der Waals surface area contributed by atoms with Crippen molar-refractivity contribution in [2.45, 2.75) is 52.6 Å². The Hall–Kier alpha value is -1.69. The zero-order valence-corrected chi connectivity index (χ0v) is 13.8. The van der Waals surface area contributed by atoms with Crippen LogP contribution in [0.3, 0.4) is 0 Å². The SMILES string of the molecule is Cc1nn(C)c(C)c1C(=O)C(=O)NCC1(C)CCCCC1O. The van der Waals surface area contributed by atoms with Crippen molar-refractivity contribution in [1.29, 1.82) is 0 Å². The number of carbonyl (C=O) groups is 2. The predicted octanol–water partition coefficient (Wildman–Crippen LogP) is 1.28.